The van der Waals surface area contributed by atoms with Gasteiger partial charge in [-0.15, -0.1) is 0 Å². The van der Waals surface area contributed by atoms with Crippen molar-refractivity contribution >= 4 is 0 Å². The van der Waals surface area contributed by atoms with E-state index in [0.29, 0.717) is 12.6 Å². The number of benzene rings is 1. The second-order valence-electron chi connectivity index (χ2n) is 4.78. The van der Waals surface area contributed by atoms with Gasteiger partial charge >= 0.3 is 0 Å². The molecule has 0 saturated carbocycles. The topological polar surface area (TPSA) is 35.5 Å². The Labute approximate surface area is 117 Å². The first-order valence-electron chi connectivity index (χ1n) is 7.44. The summed E-state index contributed by atoms with van der Waals surface area (Å²) in [5.41, 5.74) is 1.38. The lowest BCUT2D eigenvalue weighted by molar-refractivity contribution is 0.212. The molecule has 0 aliphatic rings. The lowest BCUT2D eigenvalue weighted by atomic mass is 10.1. The number of aliphatic hydroxyl groups is 1. The highest BCUT2D eigenvalue weighted by Crippen LogP contribution is 2.19. The van der Waals surface area contributed by atoms with Crippen molar-refractivity contribution in [2.24, 2.45) is 0 Å². The van der Waals surface area contributed by atoms with E-state index in [2.05, 4.69) is 54.4 Å². The lowest BCUT2D eigenvalue weighted by Crippen LogP contribution is -2.36. The summed E-state index contributed by atoms with van der Waals surface area (Å²) >= 11 is 0. The zero-order valence-electron chi connectivity index (χ0n) is 12.3. The van der Waals surface area contributed by atoms with Crippen LogP contribution >= 0.6 is 0 Å². The third kappa shape index (κ3) is 5.72. The van der Waals surface area contributed by atoms with Crippen LogP contribution in [0.5, 0.6) is 0 Å². The molecule has 0 bridgehead atoms. The highest BCUT2D eigenvalue weighted by molar-refractivity contribution is 5.19. The fraction of sp³-hybridized carbons (Fsp3) is 0.625. The summed E-state index contributed by atoms with van der Waals surface area (Å²) in [6.45, 7) is 8.79. The van der Waals surface area contributed by atoms with Crippen molar-refractivity contribution in [1.29, 1.82) is 0 Å². The van der Waals surface area contributed by atoms with Crippen LogP contribution in [0.3, 0.4) is 0 Å². The molecule has 0 aliphatic carbocycles. The van der Waals surface area contributed by atoms with Gasteiger partial charge in [-0.25, -0.2) is 0 Å². The van der Waals surface area contributed by atoms with Gasteiger partial charge in [0, 0.05) is 19.2 Å². The molecule has 1 aromatic rings. The first kappa shape index (κ1) is 16.2. The largest absolute Gasteiger partial charge is 0.396 e. The molecule has 1 aromatic carbocycles. The molecule has 19 heavy (non-hydrogen) atoms. The van der Waals surface area contributed by atoms with Crippen molar-refractivity contribution in [3.8, 4) is 0 Å². The molecule has 0 saturated heterocycles. The number of hydrogen-bond acceptors (Lipinski definition) is 3. The van der Waals surface area contributed by atoms with E-state index in [4.69, 9.17) is 5.11 Å². The van der Waals surface area contributed by atoms with Crippen LogP contribution in [0.15, 0.2) is 30.3 Å². The van der Waals surface area contributed by atoms with E-state index in [1.54, 1.807) is 0 Å². The van der Waals surface area contributed by atoms with Gasteiger partial charge in [-0.05, 0) is 38.0 Å². The maximum Gasteiger partial charge on any atom is 0.0472 e. The molecular formula is C16H28N2O. The maximum absolute atomic E-state index is 8.78. The fourth-order valence-corrected chi connectivity index (χ4v) is 2.40. The molecule has 1 rings (SSSR count). The van der Waals surface area contributed by atoms with E-state index < -0.39 is 0 Å². The Balaban J connectivity index is 2.55. The van der Waals surface area contributed by atoms with Gasteiger partial charge in [-0.3, -0.25) is 4.90 Å². The van der Waals surface area contributed by atoms with Gasteiger partial charge in [0.15, 0.2) is 0 Å². The van der Waals surface area contributed by atoms with Gasteiger partial charge in [-0.2, -0.15) is 0 Å². The summed E-state index contributed by atoms with van der Waals surface area (Å²) in [5, 5.41) is 12.3. The van der Waals surface area contributed by atoms with Crippen LogP contribution in [-0.4, -0.2) is 42.8 Å². The number of hydrogen-bond donors (Lipinski definition) is 2. The molecule has 3 heteroatoms. The van der Waals surface area contributed by atoms with Gasteiger partial charge in [0.25, 0.3) is 0 Å². The highest BCUT2D eigenvalue weighted by Gasteiger charge is 2.16. The summed E-state index contributed by atoms with van der Waals surface area (Å²) in [5.74, 6) is 0. The number of unbranched alkanes of at least 4 members (excludes halogenated alkanes) is 1. The average molecular weight is 264 g/mol. The molecular weight excluding hydrogens is 236 g/mol. The van der Waals surface area contributed by atoms with Crippen LogP contribution in [0.4, 0.5) is 0 Å². The molecule has 0 amide bonds. The van der Waals surface area contributed by atoms with E-state index >= 15 is 0 Å². The van der Waals surface area contributed by atoms with Gasteiger partial charge < -0.3 is 10.4 Å². The summed E-state index contributed by atoms with van der Waals surface area (Å²) in [6.07, 6.45) is 1.92. The standard InChI is InChI=1S/C16H28N2O/c1-3-18(4-2)16(14-17-12-8-9-13-19)15-10-6-5-7-11-15/h5-7,10-11,16-17,19H,3-4,8-9,12-14H2,1-2H3. The third-order valence-electron chi connectivity index (χ3n) is 3.54. The van der Waals surface area contributed by atoms with Crippen LogP contribution < -0.4 is 5.32 Å². The molecule has 0 aliphatic heterocycles. The Morgan fingerprint density at radius 1 is 1.11 bits per heavy atom. The SMILES string of the molecule is CCN(CC)C(CNCCCCO)c1ccccc1. The van der Waals surface area contributed by atoms with Crippen molar-refractivity contribution in [3.05, 3.63) is 35.9 Å². The Morgan fingerprint density at radius 3 is 2.37 bits per heavy atom. The molecule has 0 heterocycles. The van der Waals surface area contributed by atoms with Gasteiger partial charge in [0.2, 0.25) is 0 Å². The van der Waals surface area contributed by atoms with E-state index in [0.717, 1.165) is 39.0 Å². The van der Waals surface area contributed by atoms with Crippen LogP contribution in [0.1, 0.15) is 38.3 Å². The average Bonchev–Trinajstić information content (AvgIpc) is 2.47. The van der Waals surface area contributed by atoms with E-state index in [1.165, 1.54) is 5.56 Å². The monoisotopic (exact) mass is 264 g/mol. The van der Waals surface area contributed by atoms with Crippen LogP contribution in [0.2, 0.25) is 0 Å². The van der Waals surface area contributed by atoms with Gasteiger partial charge in [0.05, 0.1) is 0 Å². The summed E-state index contributed by atoms with van der Waals surface area (Å²) in [7, 11) is 0. The molecule has 3 nitrogen and oxygen atoms in total. The first-order chi connectivity index (χ1) is 9.33. The molecule has 0 fully saturated rings. The number of nitrogens with zero attached hydrogens (tertiary/aromatic N) is 1. The molecule has 0 spiro atoms. The predicted molar refractivity (Wildman–Crippen MR) is 81.3 cm³/mol. The Kier molecular flexibility index (Phi) is 8.47. The van der Waals surface area contributed by atoms with Gasteiger partial charge in [-0.1, -0.05) is 44.2 Å². The predicted octanol–water partition coefficient (Wildman–Crippen LogP) is 2.43. The van der Waals surface area contributed by atoms with Crippen LogP contribution in [0, 0.1) is 0 Å². The Hall–Kier alpha value is -0.900. The number of rotatable bonds is 10. The summed E-state index contributed by atoms with van der Waals surface area (Å²) < 4.78 is 0. The minimum Gasteiger partial charge on any atom is -0.396 e. The van der Waals surface area contributed by atoms with Crippen molar-refractivity contribution < 1.29 is 5.11 Å². The quantitative estimate of drug-likeness (QED) is 0.637. The first-order valence-corrected chi connectivity index (χ1v) is 7.44. The van der Waals surface area contributed by atoms with E-state index in [9.17, 15) is 0 Å². The van der Waals surface area contributed by atoms with E-state index in [-0.39, 0.29) is 0 Å². The molecule has 108 valence electrons. The van der Waals surface area contributed by atoms with Crippen molar-refractivity contribution in [2.45, 2.75) is 32.7 Å². The Bertz CT molecular complexity index is 312. The fourth-order valence-electron chi connectivity index (χ4n) is 2.40. The smallest absolute Gasteiger partial charge is 0.0472 e. The van der Waals surface area contributed by atoms with Crippen molar-refractivity contribution in [3.63, 3.8) is 0 Å². The normalized spacial score (nSPS) is 12.8. The second kappa shape index (κ2) is 9.96. The number of aliphatic hydroxyl groups excluding tert-OH is 1. The van der Waals surface area contributed by atoms with Crippen molar-refractivity contribution in [2.75, 3.05) is 32.8 Å². The van der Waals surface area contributed by atoms with E-state index in [1.807, 2.05) is 0 Å². The van der Waals surface area contributed by atoms with Crippen LogP contribution in [0.25, 0.3) is 0 Å². The van der Waals surface area contributed by atoms with Gasteiger partial charge in [0.1, 0.15) is 0 Å². The zero-order chi connectivity index (χ0) is 13.9. The number of likely N-dealkylation sites (N-methyl/N-ethyl adjacent to an activating group) is 1. The lowest BCUT2D eigenvalue weighted by Gasteiger charge is -2.30. The Morgan fingerprint density at radius 2 is 1.79 bits per heavy atom. The second-order valence-corrected chi connectivity index (χ2v) is 4.78. The minimum atomic E-state index is 0.292. The zero-order valence-corrected chi connectivity index (χ0v) is 12.3. The molecule has 0 radical (unpaired) electrons. The maximum atomic E-state index is 8.78. The minimum absolute atomic E-state index is 0.292. The molecule has 0 aromatic heterocycles. The number of nitrogens with one attached hydrogen (secondary N) is 1. The van der Waals surface area contributed by atoms with Crippen LogP contribution in [-0.2, 0) is 0 Å². The molecule has 2 N–H and O–H groups in total. The van der Waals surface area contributed by atoms with Crippen molar-refractivity contribution in [1.82, 2.24) is 10.2 Å². The summed E-state index contributed by atoms with van der Waals surface area (Å²) in [6, 6.07) is 11.1. The third-order valence-corrected chi connectivity index (χ3v) is 3.54. The highest BCUT2D eigenvalue weighted by atomic mass is 16.2. The molecule has 1 unspecified atom stereocenters. The molecule has 1 atom stereocenters. The summed E-state index contributed by atoms with van der Waals surface area (Å²) in [4.78, 5) is 2.48.